The van der Waals surface area contributed by atoms with Gasteiger partial charge in [0, 0.05) is 31.7 Å². The second kappa shape index (κ2) is 10.8. The number of ether oxygens (including phenoxy) is 2. The Bertz CT molecular complexity index is 1110. The number of carbonyl (C=O) groups is 2. The second-order valence-electron chi connectivity index (χ2n) is 10.4. The van der Waals surface area contributed by atoms with Crippen molar-refractivity contribution >= 4 is 17.4 Å². The Hall–Kier alpha value is -3.16. The number of aliphatic hydroxyl groups is 1. The van der Waals surface area contributed by atoms with Crippen molar-refractivity contribution in [1.82, 2.24) is 9.80 Å². The van der Waals surface area contributed by atoms with Crippen molar-refractivity contribution in [2.45, 2.75) is 38.6 Å². The van der Waals surface area contributed by atoms with Gasteiger partial charge < -0.3 is 19.5 Å². The minimum absolute atomic E-state index is 0.0262. The summed E-state index contributed by atoms with van der Waals surface area (Å²) in [5, 5.41) is 11.3. The van der Waals surface area contributed by atoms with E-state index in [0.29, 0.717) is 31.1 Å². The van der Waals surface area contributed by atoms with Crippen LogP contribution >= 0.6 is 0 Å². The molecular formula is C29H36N2O5. The second-order valence-corrected chi connectivity index (χ2v) is 10.4. The van der Waals surface area contributed by atoms with Crippen LogP contribution in [0.1, 0.15) is 49.9 Å². The maximum absolute atomic E-state index is 13.3. The van der Waals surface area contributed by atoms with E-state index in [-0.39, 0.29) is 16.7 Å². The molecule has 0 saturated carbocycles. The maximum Gasteiger partial charge on any atom is 0.295 e. The van der Waals surface area contributed by atoms with Crippen LogP contribution in [0, 0.1) is 0 Å². The number of aliphatic hydroxyl groups excluding tert-OH is 1. The molecule has 2 aliphatic heterocycles. The number of benzene rings is 2. The number of Topliss-reactive ketones (excluding diaryl/α,β-unsaturated/α-hetero) is 1. The molecule has 0 radical (unpaired) electrons. The van der Waals surface area contributed by atoms with Gasteiger partial charge in [-0.3, -0.25) is 14.5 Å². The van der Waals surface area contributed by atoms with Crippen molar-refractivity contribution in [3.63, 3.8) is 0 Å². The number of amides is 1. The van der Waals surface area contributed by atoms with Crippen LogP contribution in [-0.2, 0) is 19.7 Å². The molecule has 192 valence electrons. The van der Waals surface area contributed by atoms with E-state index in [9.17, 15) is 14.7 Å². The summed E-state index contributed by atoms with van der Waals surface area (Å²) < 4.78 is 10.6. The van der Waals surface area contributed by atoms with Crippen molar-refractivity contribution in [1.29, 1.82) is 0 Å². The van der Waals surface area contributed by atoms with E-state index in [1.165, 1.54) is 0 Å². The molecule has 0 aliphatic carbocycles. The number of hydrogen-bond acceptors (Lipinski definition) is 6. The fraction of sp³-hybridized carbons (Fsp3) is 0.448. The summed E-state index contributed by atoms with van der Waals surface area (Å²) in [6, 6.07) is 14.2. The van der Waals surface area contributed by atoms with Crippen molar-refractivity contribution in [3.8, 4) is 5.75 Å². The Balaban J connectivity index is 1.68. The quantitative estimate of drug-likeness (QED) is 0.356. The first-order valence-corrected chi connectivity index (χ1v) is 12.5. The summed E-state index contributed by atoms with van der Waals surface area (Å²) >= 11 is 0. The van der Waals surface area contributed by atoms with E-state index < -0.39 is 17.7 Å². The molecule has 1 N–H and O–H groups in total. The lowest BCUT2D eigenvalue weighted by Crippen LogP contribution is -2.39. The van der Waals surface area contributed by atoms with E-state index in [2.05, 4.69) is 25.7 Å². The van der Waals surface area contributed by atoms with E-state index >= 15 is 0 Å². The maximum atomic E-state index is 13.3. The molecule has 36 heavy (non-hydrogen) atoms. The minimum Gasteiger partial charge on any atom is -0.507 e. The Morgan fingerprint density at radius 2 is 1.64 bits per heavy atom. The number of likely N-dealkylation sites (tertiary alicyclic amines) is 1. The first-order valence-electron chi connectivity index (χ1n) is 12.5. The lowest BCUT2D eigenvalue weighted by Gasteiger charge is -2.29. The van der Waals surface area contributed by atoms with Crippen molar-refractivity contribution in [3.05, 3.63) is 70.8 Å². The molecule has 2 saturated heterocycles. The fourth-order valence-electron chi connectivity index (χ4n) is 4.82. The number of morpholine rings is 1. The van der Waals surface area contributed by atoms with Crippen LogP contribution in [0.3, 0.4) is 0 Å². The lowest BCUT2D eigenvalue weighted by atomic mass is 9.85. The van der Waals surface area contributed by atoms with Crippen LogP contribution < -0.4 is 4.74 Å². The zero-order valence-electron chi connectivity index (χ0n) is 21.6. The molecule has 0 aromatic heterocycles. The third-order valence-electron chi connectivity index (χ3n) is 6.97. The first kappa shape index (κ1) is 25.9. The van der Waals surface area contributed by atoms with Crippen LogP contribution in [0.5, 0.6) is 5.75 Å². The van der Waals surface area contributed by atoms with Gasteiger partial charge in [-0.25, -0.2) is 0 Å². The van der Waals surface area contributed by atoms with Gasteiger partial charge in [-0.2, -0.15) is 0 Å². The van der Waals surface area contributed by atoms with Crippen molar-refractivity contribution in [2.24, 2.45) is 0 Å². The Morgan fingerprint density at radius 3 is 2.22 bits per heavy atom. The number of carbonyl (C=O) groups excluding carboxylic acids is 2. The highest BCUT2D eigenvalue weighted by atomic mass is 16.5. The van der Waals surface area contributed by atoms with Gasteiger partial charge in [0.05, 0.1) is 31.9 Å². The smallest absolute Gasteiger partial charge is 0.295 e. The molecule has 7 nitrogen and oxygen atoms in total. The molecule has 2 fully saturated rings. The van der Waals surface area contributed by atoms with Gasteiger partial charge in [-0.05, 0) is 47.2 Å². The summed E-state index contributed by atoms with van der Waals surface area (Å²) in [5.74, 6) is -0.752. The SMILES string of the molecule is COc1ccc(/C(O)=C2\C(=O)C(=O)N(CCCN3CCOCC3)C2c2ccc(C(C)(C)C)cc2)cc1. The summed E-state index contributed by atoms with van der Waals surface area (Å²) in [6.07, 6.45) is 0.728. The van der Waals surface area contributed by atoms with Gasteiger partial charge in [0.1, 0.15) is 11.5 Å². The van der Waals surface area contributed by atoms with Crippen molar-refractivity contribution < 1.29 is 24.2 Å². The molecule has 1 unspecified atom stereocenters. The van der Waals surface area contributed by atoms with E-state index in [1.54, 1.807) is 36.3 Å². The standard InChI is InChI=1S/C29H36N2O5/c1-29(2,3)22-10-6-20(7-11-22)25-24(26(32)21-8-12-23(35-4)13-9-21)27(33)28(34)31(25)15-5-14-30-16-18-36-19-17-30/h6-13,25,32H,5,14-19H2,1-4H3/b26-24+. The van der Waals surface area contributed by atoms with E-state index in [0.717, 1.165) is 37.2 Å². The first-order chi connectivity index (χ1) is 17.2. The average Bonchev–Trinajstić information content (AvgIpc) is 3.13. The molecule has 1 atom stereocenters. The summed E-state index contributed by atoms with van der Waals surface area (Å²) in [4.78, 5) is 30.4. The van der Waals surface area contributed by atoms with Crippen LogP contribution in [0.25, 0.3) is 5.76 Å². The predicted octanol–water partition coefficient (Wildman–Crippen LogP) is 4.14. The highest BCUT2D eigenvalue weighted by Crippen LogP contribution is 2.40. The normalized spacial score (nSPS) is 20.7. The van der Waals surface area contributed by atoms with Crippen LogP contribution in [-0.4, -0.2) is 73.1 Å². The van der Waals surface area contributed by atoms with Gasteiger partial charge in [0.15, 0.2) is 0 Å². The summed E-state index contributed by atoms with van der Waals surface area (Å²) in [7, 11) is 1.57. The van der Waals surface area contributed by atoms with Gasteiger partial charge >= 0.3 is 0 Å². The van der Waals surface area contributed by atoms with Crippen LogP contribution in [0.4, 0.5) is 0 Å². The molecule has 7 heteroatoms. The number of ketones is 1. The predicted molar refractivity (Wildman–Crippen MR) is 139 cm³/mol. The Labute approximate surface area is 213 Å². The average molecular weight is 493 g/mol. The molecule has 0 bridgehead atoms. The van der Waals surface area contributed by atoms with Gasteiger partial charge in [-0.1, -0.05) is 45.0 Å². The molecule has 2 aromatic rings. The summed E-state index contributed by atoms with van der Waals surface area (Å²) in [5.41, 5.74) is 2.54. The molecule has 2 heterocycles. The summed E-state index contributed by atoms with van der Waals surface area (Å²) in [6.45, 7) is 10.8. The molecule has 1 amide bonds. The van der Waals surface area contributed by atoms with Crippen molar-refractivity contribution in [2.75, 3.05) is 46.5 Å². The number of methoxy groups -OCH3 is 1. The Kier molecular flexibility index (Phi) is 7.81. The zero-order valence-corrected chi connectivity index (χ0v) is 21.6. The van der Waals surface area contributed by atoms with E-state index in [1.807, 2.05) is 24.3 Å². The zero-order chi connectivity index (χ0) is 25.9. The third-order valence-corrected chi connectivity index (χ3v) is 6.97. The minimum atomic E-state index is -0.653. The van der Waals surface area contributed by atoms with Gasteiger partial charge in [-0.15, -0.1) is 0 Å². The highest BCUT2D eigenvalue weighted by Gasteiger charge is 2.45. The number of nitrogens with zero attached hydrogens (tertiary/aromatic N) is 2. The third kappa shape index (κ3) is 5.47. The number of hydrogen-bond donors (Lipinski definition) is 1. The van der Waals surface area contributed by atoms with Crippen LogP contribution in [0.2, 0.25) is 0 Å². The molecule has 2 aromatic carbocycles. The molecular weight excluding hydrogens is 456 g/mol. The fourth-order valence-corrected chi connectivity index (χ4v) is 4.82. The van der Waals surface area contributed by atoms with Gasteiger partial charge in [0.2, 0.25) is 0 Å². The topological polar surface area (TPSA) is 79.3 Å². The highest BCUT2D eigenvalue weighted by molar-refractivity contribution is 6.46. The van der Waals surface area contributed by atoms with Crippen LogP contribution in [0.15, 0.2) is 54.1 Å². The van der Waals surface area contributed by atoms with E-state index in [4.69, 9.17) is 9.47 Å². The monoisotopic (exact) mass is 492 g/mol. The molecule has 4 rings (SSSR count). The Morgan fingerprint density at radius 1 is 1.00 bits per heavy atom. The number of rotatable bonds is 7. The molecule has 0 spiro atoms. The lowest BCUT2D eigenvalue weighted by molar-refractivity contribution is -0.140. The molecule has 2 aliphatic rings. The van der Waals surface area contributed by atoms with Gasteiger partial charge in [0.25, 0.3) is 11.7 Å². The largest absolute Gasteiger partial charge is 0.507 e.